The minimum Gasteiger partial charge on any atom is -0.275 e. The third kappa shape index (κ3) is 2.54. The summed E-state index contributed by atoms with van der Waals surface area (Å²) in [4.78, 5) is 9.05. The molecule has 1 aliphatic carbocycles. The number of hydrogen-bond acceptors (Lipinski definition) is 3. The molecule has 0 amide bonds. The predicted molar refractivity (Wildman–Crippen MR) is 78.2 cm³/mol. The maximum absolute atomic E-state index is 6.23. The zero-order chi connectivity index (χ0) is 13.4. The molecule has 6 heteroatoms. The van der Waals surface area contributed by atoms with E-state index in [2.05, 4.69) is 26.0 Å². The van der Waals surface area contributed by atoms with Gasteiger partial charge in [-0.25, -0.2) is 9.97 Å². The Hall–Kier alpha value is -0.940. The van der Waals surface area contributed by atoms with E-state index in [4.69, 9.17) is 16.6 Å². The van der Waals surface area contributed by atoms with Crippen LogP contribution in [0, 0.1) is 0 Å². The molecule has 3 rings (SSSR count). The first kappa shape index (κ1) is 13.1. The first-order valence-corrected chi connectivity index (χ1v) is 7.54. The van der Waals surface area contributed by atoms with Gasteiger partial charge in [-0.1, -0.05) is 24.4 Å². The highest BCUT2D eigenvalue weighted by molar-refractivity contribution is 9.10. The summed E-state index contributed by atoms with van der Waals surface area (Å²) in [5.41, 5.74) is 1.94. The van der Waals surface area contributed by atoms with Crippen LogP contribution in [-0.2, 0) is 7.05 Å². The van der Waals surface area contributed by atoms with Crippen LogP contribution in [0.2, 0.25) is 5.15 Å². The molecule has 0 aromatic carbocycles. The van der Waals surface area contributed by atoms with Gasteiger partial charge in [-0.2, -0.15) is 5.10 Å². The molecule has 2 aromatic heterocycles. The Morgan fingerprint density at radius 3 is 2.68 bits per heavy atom. The Bertz CT molecular complexity index is 605. The summed E-state index contributed by atoms with van der Waals surface area (Å²) in [5.74, 6) is 1.15. The van der Waals surface area contributed by atoms with Crippen molar-refractivity contribution in [2.45, 2.75) is 31.6 Å². The molecule has 100 valence electrons. The SMILES string of the molecule is Cn1cc(-c2nc(Cl)c(Br)c(C3CCCC3)n2)cn1. The van der Waals surface area contributed by atoms with E-state index in [0.29, 0.717) is 16.9 Å². The largest absolute Gasteiger partial charge is 0.275 e. The summed E-state index contributed by atoms with van der Waals surface area (Å²) in [7, 11) is 1.88. The molecular formula is C13H14BrClN4. The monoisotopic (exact) mass is 340 g/mol. The summed E-state index contributed by atoms with van der Waals surface area (Å²) in [6.45, 7) is 0. The lowest BCUT2D eigenvalue weighted by molar-refractivity contribution is 0.690. The van der Waals surface area contributed by atoms with E-state index in [-0.39, 0.29) is 0 Å². The van der Waals surface area contributed by atoms with Gasteiger partial charge < -0.3 is 0 Å². The minimum absolute atomic E-state index is 0.482. The highest BCUT2D eigenvalue weighted by atomic mass is 79.9. The molecule has 19 heavy (non-hydrogen) atoms. The summed E-state index contributed by atoms with van der Waals surface area (Å²) in [6, 6.07) is 0. The second kappa shape index (κ2) is 5.21. The average molecular weight is 342 g/mol. The van der Waals surface area contributed by atoms with Gasteiger partial charge in [0, 0.05) is 19.2 Å². The summed E-state index contributed by atoms with van der Waals surface area (Å²) in [5, 5.41) is 4.64. The molecule has 0 saturated heterocycles. The van der Waals surface area contributed by atoms with Gasteiger partial charge in [0.2, 0.25) is 0 Å². The highest BCUT2D eigenvalue weighted by Gasteiger charge is 2.24. The number of halogens is 2. The molecule has 1 aliphatic rings. The molecule has 0 bridgehead atoms. The van der Waals surface area contributed by atoms with Crippen LogP contribution in [0.3, 0.4) is 0 Å². The second-order valence-electron chi connectivity index (χ2n) is 4.92. The summed E-state index contributed by atoms with van der Waals surface area (Å²) < 4.78 is 2.58. The normalized spacial score (nSPS) is 16.2. The summed E-state index contributed by atoms with van der Waals surface area (Å²) in [6.07, 6.45) is 8.55. The molecule has 0 N–H and O–H groups in total. The van der Waals surface area contributed by atoms with Crippen molar-refractivity contribution in [3.8, 4) is 11.4 Å². The van der Waals surface area contributed by atoms with Crippen LogP contribution in [0.5, 0.6) is 0 Å². The molecule has 0 aliphatic heterocycles. The Balaban J connectivity index is 2.06. The first-order chi connectivity index (χ1) is 9.15. The fraction of sp³-hybridized carbons (Fsp3) is 0.462. The van der Waals surface area contributed by atoms with Gasteiger partial charge in [0.1, 0.15) is 5.15 Å². The topological polar surface area (TPSA) is 43.6 Å². The maximum Gasteiger partial charge on any atom is 0.164 e. The van der Waals surface area contributed by atoms with Crippen molar-refractivity contribution in [3.05, 3.63) is 27.7 Å². The zero-order valence-electron chi connectivity index (χ0n) is 10.6. The minimum atomic E-state index is 0.482. The van der Waals surface area contributed by atoms with Crippen molar-refractivity contribution < 1.29 is 0 Å². The highest BCUT2D eigenvalue weighted by Crippen LogP contribution is 2.39. The van der Waals surface area contributed by atoms with Crippen molar-refractivity contribution in [2.75, 3.05) is 0 Å². The maximum atomic E-state index is 6.23. The third-order valence-corrected chi connectivity index (χ3v) is 4.82. The zero-order valence-corrected chi connectivity index (χ0v) is 12.9. The van der Waals surface area contributed by atoms with Crippen molar-refractivity contribution in [1.29, 1.82) is 0 Å². The van der Waals surface area contributed by atoms with Crippen molar-refractivity contribution in [3.63, 3.8) is 0 Å². The van der Waals surface area contributed by atoms with Crippen LogP contribution in [0.1, 0.15) is 37.3 Å². The Morgan fingerprint density at radius 2 is 2.05 bits per heavy atom. The quantitative estimate of drug-likeness (QED) is 0.777. The Morgan fingerprint density at radius 1 is 1.32 bits per heavy atom. The Kier molecular flexibility index (Phi) is 3.58. The Labute approximate surface area is 125 Å². The molecule has 2 aromatic rings. The van der Waals surface area contributed by atoms with E-state index in [1.807, 2.05) is 13.2 Å². The van der Waals surface area contributed by atoms with E-state index in [1.165, 1.54) is 25.7 Å². The van der Waals surface area contributed by atoms with Crippen molar-refractivity contribution in [1.82, 2.24) is 19.7 Å². The van der Waals surface area contributed by atoms with E-state index in [9.17, 15) is 0 Å². The van der Waals surface area contributed by atoms with E-state index in [0.717, 1.165) is 15.7 Å². The number of rotatable bonds is 2. The van der Waals surface area contributed by atoms with Crippen LogP contribution in [-0.4, -0.2) is 19.7 Å². The number of aromatic nitrogens is 4. The smallest absolute Gasteiger partial charge is 0.164 e. The van der Waals surface area contributed by atoms with Crippen LogP contribution < -0.4 is 0 Å². The first-order valence-electron chi connectivity index (χ1n) is 6.37. The van der Waals surface area contributed by atoms with E-state index >= 15 is 0 Å². The van der Waals surface area contributed by atoms with Crippen LogP contribution >= 0.6 is 27.5 Å². The van der Waals surface area contributed by atoms with Gasteiger partial charge >= 0.3 is 0 Å². The average Bonchev–Trinajstić information content (AvgIpc) is 3.03. The molecule has 0 unspecified atom stereocenters. The lowest BCUT2D eigenvalue weighted by Gasteiger charge is -2.12. The fourth-order valence-electron chi connectivity index (χ4n) is 2.57. The molecule has 0 atom stereocenters. The van der Waals surface area contributed by atoms with Gasteiger partial charge in [-0.3, -0.25) is 4.68 Å². The van der Waals surface area contributed by atoms with E-state index < -0.39 is 0 Å². The fourth-order valence-corrected chi connectivity index (χ4v) is 3.25. The van der Waals surface area contributed by atoms with Crippen LogP contribution in [0.25, 0.3) is 11.4 Å². The predicted octanol–water partition coefficient (Wildman–Crippen LogP) is 3.95. The molecule has 0 spiro atoms. The summed E-state index contributed by atoms with van der Waals surface area (Å²) >= 11 is 9.75. The van der Waals surface area contributed by atoms with Crippen molar-refractivity contribution >= 4 is 27.5 Å². The van der Waals surface area contributed by atoms with Crippen LogP contribution in [0.15, 0.2) is 16.9 Å². The molecular weight excluding hydrogens is 328 g/mol. The molecule has 0 radical (unpaired) electrons. The van der Waals surface area contributed by atoms with Gasteiger partial charge in [0.05, 0.1) is 21.9 Å². The number of hydrogen-bond donors (Lipinski definition) is 0. The van der Waals surface area contributed by atoms with Gasteiger partial charge in [0.15, 0.2) is 5.82 Å². The van der Waals surface area contributed by atoms with E-state index in [1.54, 1.807) is 10.9 Å². The molecule has 1 fully saturated rings. The molecule has 4 nitrogen and oxygen atoms in total. The number of nitrogens with zero attached hydrogens (tertiary/aromatic N) is 4. The standard InChI is InChI=1S/C13H14BrClN4/c1-19-7-9(6-16-19)13-17-11(8-4-2-3-5-8)10(14)12(15)18-13/h6-8H,2-5H2,1H3. The van der Waals surface area contributed by atoms with Crippen molar-refractivity contribution in [2.24, 2.45) is 7.05 Å². The lowest BCUT2D eigenvalue weighted by atomic mass is 10.0. The number of aryl methyl sites for hydroxylation is 1. The van der Waals surface area contributed by atoms with Gasteiger partial charge in [0.25, 0.3) is 0 Å². The second-order valence-corrected chi connectivity index (χ2v) is 6.07. The lowest BCUT2D eigenvalue weighted by Crippen LogP contribution is -2.02. The molecule has 1 saturated carbocycles. The molecule has 2 heterocycles. The van der Waals surface area contributed by atoms with Crippen LogP contribution in [0.4, 0.5) is 0 Å². The third-order valence-electron chi connectivity index (χ3n) is 3.54. The van der Waals surface area contributed by atoms with Gasteiger partial charge in [-0.15, -0.1) is 0 Å². The van der Waals surface area contributed by atoms with Gasteiger partial charge in [-0.05, 0) is 28.8 Å².